The molecule has 2 amide bonds. The quantitative estimate of drug-likeness (QED) is 0.872. The Morgan fingerprint density at radius 3 is 2.24 bits per heavy atom. The summed E-state index contributed by atoms with van der Waals surface area (Å²) in [5.41, 5.74) is 9.10. The molecule has 1 aliphatic rings. The number of hydrogen-bond acceptors (Lipinski definition) is 3. The van der Waals surface area contributed by atoms with Gasteiger partial charge in [-0.15, -0.1) is 0 Å². The predicted octanol–water partition coefficient (Wildman–Crippen LogP) is 2.10. The molecular weight excluding hydrogens is 314 g/mol. The Hall–Kier alpha value is -2.82. The van der Waals surface area contributed by atoms with Crippen LogP contribution in [0, 0.1) is 6.92 Å². The van der Waals surface area contributed by atoms with E-state index in [-0.39, 0.29) is 11.8 Å². The van der Waals surface area contributed by atoms with Crippen LogP contribution in [0.15, 0.2) is 48.5 Å². The van der Waals surface area contributed by atoms with Crippen LogP contribution in [0.2, 0.25) is 0 Å². The number of carbonyl (C=O) groups is 2. The largest absolute Gasteiger partial charge is 0.399 e. The highest BCUT2D eigenvalue weighted by Crippen LogP contribution is 2.12. The van der Waals surface area contributed by atoms with E-state index < -0.39 is 0 Å². The van der Waals surface area contributed by atoms with Crippen molar-refractivity contribution < 1.29 is 9.59 Å². The summed E-state index contributed by atoms with van der Waals surface area (Å²) in [5.74, 6) is 0.127. The second-order valence-corrected chi connectivity index (χ2v) is 6.46. The summed E-state index contributed by atoms with van der Waals surface area (Å²) in [6.45, 7) is 4.27. The maximum Gasteiger partial charge on any atom is 0.253 e. The third-order valence-electron chi connectivity index (χ3n) is 4.52. The number of hydrogen-bond donors (Lipinski definition) is 1. The molecule has 1 heterocycles. The lowest BCUT2D eigenvalue weighted by Gasteiger charge is -2.35. The second-order valence-electron chi connectivity index (χ2n) is 6.46. The average molecular weight is 337 g/mol. The summed E-state index contributed by atoms with van der Waals surface area (Å²) in [4.78, 5) is 28.6. The van der Waals surface area contributed by atoms with Crippen molar-refractivity contribution in [3.63, 3.8) is 0 Å². The van der Waals surface area contributed by atoms with E-state index in [1.807, 2.05) is 53.1 Å². The van der Waals surface area contributed by atoms with Crippen LogP contribution in [0.5, 0.6) is 0 Å². The molecule has 5 nitrogen and oxygen atoms in total. The Bertz CT molecular complexity index is 763. The number of rotatable bonds is 3. The summed E-state index contributed by atoms with van der Waals surface area (Å²) in [6.07, 6.45) is 0.367. The molecule has 2 N–H and O–H groups in total. The fourth-order valence-corrected chi connectivity index (χ4v) is 3.04. The van der Waals surface area contributed by atoms with Crippen LogP contribution in [0.4, 0.5) is 5.69 Å². The standard InChI is InChI=1S/C20H23N3O2/c1-15-3-2-4-17(13-15)20(25)23-11-9-22(10-12-23)19(24)14-16-5-7-18(21)8-6-16/h2-8,13H,9-12,14,21H2,1H3. The van der Waals surface area contributed by atoms with E-state index >= 15 is 0 Å². The molecule has 1 saturated heterocycles. The van der Waals surface area contributed by atoms with Crippen LogP contribution < -0.4 is 5.73 Å². The number of nitrogens with two attached hydrogens (primary N) is 1. The molecule has 3 rings (SSSR count). The fourth-order valence-electron chi connectivity index (χ4n) is 3.04. The number of nitrogens with zero attached hydrogens (tertiary/aromatic N) is 2. The Kier molecular flexibility index (Phi) is 5.03. The number of nitrogen functional groups attached to an aromatic ring is 1. The molecular formula is C20H23N3O2. The SMILES string of the molecule is Cc1cccc(C(=O)N2CCN(C(=O)Cc3ccc(N)cc3)CC2)c1. The highest BCUT2D eigenvalue weighted by atomic mass is 16.2. The Labute approximate surface area is 148 Å². The van der Waals surface area contributed by atoms with Gasteiger partial charge in [-0.05, 0) is 36.8 Å². The number of amides is 2. The summed E-state index contributed by atoms with van der Waals surface area (Å²) in [5, 5.41) is 0. The Morgan fingerprint density at radius 2 is 1.60 bits per heavy atom. The topological polar surface area (TPSA) is 66.6 Å². The van der Waals surface area contributed by atoms with Gasteiger partial charge in [0.25, 0.3) is 5.91 Å². The van der Waals surface area contributed by atoms with Gasteiger partial charge in [-0.25, -0.2) is 0 Å². The smallest absolute Gasteiger partial charge is 0.253 e. The van der Waals surface area contributed by atoms with Crippen molar-refractivity contribution in [2.24, 2.45) is 0 Å². The van der Waals surface area contributed by atoms with Crippen LogP contribution in [0.3, 0.4) is 0 Å². The van der Waals surface area contributed by atoms with E-state index in [2.05, 4.69) is 0 Å². The molecule has 5 heteroatoms. The van der Waals surface area contributed by atoms with Crippen molar-refractivity contribution in [1.82, 2.24) is 9.80 Å². The lowest BCUT2D eigenvalue weighted by atomic mass is 10.1. The Balaban J connectivity index is 1.55. The van der Waals surface area contributed by atoms with Crippen molar-refractivity contribution in [1.29, 1.82) is 0 Å². The summed E-state index contributed by atoms with van der Waals surface area (Å²) < 4.78 is 0. The van der Waals surface area contributed by atoms with Crippen molar-refractivity contribution in [3.05, 3.63) is 65.2 Å². The molecule has 0 spiro atoms. The summed E-state index contributed by atoms with van der Waals surface area (Å²) in [7, 11) is 0. The predicted molar refractivity (Wildman–Crippen MR) is 98.2 cm³/mol. The van der Waals surface area contributed by atoms with Gasteiger partial charge >= 0.3 is 0 Å². The van der Waals surface area contributed by atoms with Crippen LogP contribution in [-0.2, 0) is 11.2 Å². The van der Waals surface area contributed by atoms with Gasteiger partial charge in [-0.1, -0.05) is 29.8 Å². The van der Waals surface area contributed by atoms with Gasteiger partial charge in [0.05, 0.1) is 6.42 Å². The number of aryl methyl sites for hydroxylation is 1. The molecule has 25 heavy (non-hydrogen) atoms. The van der Waals surface area contributed by atoms with Gasteiger partial charge in [0.15, 0.2) is 0 Å². The van der Waals surface area contributed by atoms with Crippen molar-refractivity contribution in [2.75, 3.05) is 31.9 Å². The normalized spacial score (nSPS) is 14.4. The summed E-state index contributed by atoms with van der Waals surface area (Å²) in [6, 6.07) is 15.0. The molecule has 130 valence electrons. The average Bonchev–Trinajstić information content (AvgIpc) is 2.63. The molecule has 1 aliphatic heterocycles. The van der Waals surface area contributed by atoms with E-state index in [1.54, 1.807) is 12.1 Å². The molecule has 0 aromatic heterocycles. The van der Waals surface area contributed by atoms with Gasteiger partial charge in [0, 0.05) is 37.4 Å². The highest BCUT2D eigenvalue weighted by Gasteiger charge is 2.24. The van der Waals surface area contributed by atoms with Gasteiger partial charge < -0.3 is 15.5 Å². The number of piperazine rings is 1. The number of anilines is 1. The first-order valence-corrected chi connectivity index (χ1v) is 8.51. The van der Waals surface area contributed by atoms with Gasteiger partial charge in [-0.3, -0.25) is 9.59 Å². The van der Waals surface area contributed by atoms with Crippen LogP contribution >= 0.6 is 0 Å². The van der Waals surface area contributed by atoms with Crippen molar-refractivity contribution in [2.45, 2.75) is 13.3 Å². The second kappa shape index (κ2) is 7.38. The van der Waals surface area contributed by atoms with Crippen molar-refractivity contribution >= 4 is 17.5 Å². The van der Waals surface area contributed by atoms with E-state index in [1.165, 1.54) is 0 Å². The third kappa shape index (κ3) is 4.18. The maximum atomic E-state index is 12.6. The molecule has 0 radical (unpaired) electrons. The first-order chi connectivity index (χ1) is 12.0. The fraction of sp³-hybridized carbons (Fsp3) is 0.300. The van der Waals surface area contributed by atoms with Gasteiger partial charge in [0.2, 0.25) is 5.91 Å². The number of benzene rings is 2. The van der Waals surface area contributed by atoms with Crippen molar-refractivity contribution in [3.8, 4) is 0 Å². The highest BCUT2D eigenvalue weighted by molar-refractivity contribution is 5.94. The summed E-state index contributed by atoms with van der Waals surface area (Å²) >= 11 is 0. The van der Waals surface area contributed by atoms with E-state index in [0.29, 0.717) is 43.9 Å². The minimum Gasteiger partial charge on any atom is -0.399 e. The zero-order valence-electron chi connectivity index (χ0n) is 14.4. The molecule has 0 bridgehead atoms. The molecule has 2 aromatic rings. The van der Waals surface area contributed by atoms with Gasteiger partial charge in [-0.2, -0.15) is 0 Å². The van der Waals surface area contributed by atoms with Crippen LogP contribution in [-0.4, -0.2) is 47.8 Å². The Morgan fingerprint density at radius 1 is 0.960 bits per heavy atom. The minimum atomic E-state index is 0.0364. The zero-order valence-corrected chi connectivity index (χ0v) is 14.4. The zero-order chi connectivity index (χ0) is 17.8. The maximum absolute atomic E-state index is 12.6. The molecule has 0 atom stereocenters. The van der Waals surface area contributed by atoms with Gasteiger partial charge in [0.1, 0.15) is 0 Å². The lowest BCUT2D eigenvalue weighted by molar-refractivity contribution is -0.131. The minimum absolute atomic E-state index is 0.0364. The number of carbonyl (C=O) groups excluding carboxylic acids is 2. The van der Waals surface area contributed by atoms with E-state index in [9.17, 15) is 9.59 Å². The third-order valence-corrected chi connectivity index (χ3v) is 4.52. The first kappa shape index (κ1) is 17.0. The van der Waals surface area contributed by atoms with Crippen LogP contribution in [0.25, 0.3) is 0 Å². The lowest BCUT2D eigenvalue weighted by Crippen LogP contribution is -2.51. The molecule has 0 saturated carbocycles. The monoisotopic (exact) mass is 337 g/mol. The molecule has 0 aliphatic carbocycles. The van der Waals surface area contributed by atoms with Crippen LogP contribution in [0.1, 0.15) is 21.5 Å². The first-order valence-electron chi connectivity index (χ1n) is 8.51. The molecule has 0 unspecified atom stereocenters. The molecule has 1 fully saturated rings. The van der Waals surface area contributed by atoms with E-state index in [0.717, 1.165) is 11.1 Å². The van der Waals surface area contributed by atoms with E-state index in [4.69, 9.17) is 5.73 Å². The molecule has 2 aromatic carbocycles.